The van der Waals surface area contributed by atoms with Crippen molar-refractivity contribution in [1.29, 1.82) is 0 Å². The number of rotatable bonds is 19. The van der Waals surface area contributed by atoms with E-state index in [2.05, 4.69) is 12.2 Å². The maximum Gasteiger partial charge on any atom is 1.00 e. The summed E-state index contributed by atoms with van der Waals surface area (Å²) >= 11 is 0. The van der Waals surface area contributed by atoms with Crippen molar-refractivity contribution in [2.24, 2.45) is 0 Å². The largest absolute Gasteiger partial charge is 1.00 e. The van der Waals surface area contributed by atoms with Gasteiger partial charge in [-0.3, -0.25) is 9.35 Å². The van der Waals surface area contributed by atoms with Crippen molar-refractivity contribution >= 4 is 16.0 Å². The van der Waals surface area contributed by atoms with Crippen molar-refractivity contribution in [3.05, 3.63) is 0 Å². The molecule has 158 valence electrons. The zero-order chi connectivity index (χ0) is 19.5. The molecule has 0 heterocycles. The number of hydrogen-bond donors (Lipinski definition) is 2. The molecule has 2 N–H and O–H groups in total. The fourth-order valence-electron chi connectivity index (χ4n) is 3.06. The summed E-state index contributed by atoms with van der Waals surface area (Å²) in [5.41, 5.74) is 0. The van der Waals surface area contributed by atoms with E-state index in [1.54, 1.807) is 0 Å². The van der Waals surface area contributed by atoms with Crippen LogP contribution in [0.25, 0.3) is 0 Å². The molecule has 1 amide bonds. The first kappa shape index (κ1) is 29.6. The molecule has 0 fully saturated rings. The molecule has 5 nitrogen and oxygen atoms in total. The first-order valence-corrected chi connectivity index (χ1v) is 12.3. The average molecular weight is 416 g/mol. The van der Waals surface area contributed by atoms with E-state index in [0.29, 0.717) is 6.42 Å². The van der Waals surface area contributed by atoms with E-state index in [1.165, 1.54) is 77.0 Å². The number of carbonyl (C=O) groups excluding carboxylic acids is 1. The van der Waals surface area contributed by atoms with Gasteiger partial charge in [-0.15, -0.1) is 0 Å². The molecule has 0 aromatic heterocycles. The van der Waals surface area contributed by atoms with E-state index in [1.807, 2.05) is 0 Å². The Kier molecular flexibility index (Phi) is 23.1. The Labute approximate surface area is 191 Å². The van der Waals surface area contributed by atoms with Gasteiger partial charge < -0.3 is 6.74 Å². The predicted molar refractivity (Wildman–Crippen MR) is 110 cm³/mol. The second-order valence-corrected chi connectivity index (χ2v) is 8.91. The fraction of sp³-hybridized carbons (Fsp3) is 0.950. The molecule has 7 heteroatoms. The maximum atomic E-state index is 11.5. The zero-order valence-corrected chi connectivity index (χ0v) is 20.6. The van der Waals surface area contributed by atoms with E-state index >= 15 is 0 Å². The van der Waals surface area contributed by atoms with Crippen LogP contribution in [-0.2, 0) is 14.9 Å². The third-order valence-corrected chi connectivity index (χ3v) is 5.41. The Hall–Kier alpha value is 0.380. The van der Waals surface area contributed by atoms with Crippen LogP contribution in [0.2, 0.25) is 0 Å². The van der Waals surface area contributed by atoms with Crippen LogP contribution in [0.15, 0.2) is 0 Å². The van der Waals surface area contributed by atoms with Crippen LogP contribution in [0.3, 0.4) is 0 Å². The SMILES string of the molecule is CCCCCCCCCCCCCCCCCC(=O)NCCS(=O)(=O)O.[H-].[Na+]. The molecule has 0 aliphatic heterocycles. The number of nitrogens with one attached hydrogen (secondary N) is 1. The molecule has 0 aliphatic carbocycles. The normalized spacial score (nSPS) is 11.2. The van der Waals surface area contributed by atoms with Gasteiger partial charge >= 0.3 is 29.6 Å². The van der Waals surface area contributed by atoms with E-state index in [-0.39, 0.29) is 43.4 Å². The smallest absolute Gasteiger partial charge is 1.00 e. The van der Waals surface area contributed by atoms with E-state index in [9.17, 15) is 13.2 Å². The van der Waals surface area contributed by atoms with Gasteiger partial charge in [0.2, 0.25) is 5.91 Å². The van der Waals surface area contributed by atoms with E-state index in [4.69, 9.17) is 4.55 Å². The molecule has 0 spiro atoms. The summed E-state index contributed by atoms with van der Waals surface area (Å²) in [6, 6.07) is 0. The fourth-order valence-corrected chi connectivity index (χ4v) is 3.42. The third kappa shape index (κ3) is 26.4. The number of hydrogen-bond acceptors (Lipinski definition) is 3. The van der Waals surface area contributed by atoms with Crippen molar-refractivity contribution in [2.45, 2.75) is 110 Å². The van der Waals surface area contributed by atoms with Crippen LogP contribution in [0.5, 0.6) is 0 Å². The summed E-state index contributed by atoms with van der Waals surface area (Å²) in [6.45, 7) is 2.24. The van der Waals surface area contributed by atoms with Crippen LogP contribution in [0.1, 0.15) is 111 Å². The Morgan fingerprint density at radius 1 is 0.778 bits per heavy atom. The van der Waals surface area contributed by atoms with Gasteiger partial charge in [-0.25, -0.2) is 0 Å². The van der Waals surface area contributed by atoms with Gasteiger partial charge in [0.25, 0.3) is 10.1 Å². The minimum Gasteiger partial charge on any atom is -1.00 e. The first-order chi connectivity index (χ1) is 12.5. The summed E-state index contributed by atoms with van der Waals surface area (Å²) in [5.74, 6) is -0.555. The minimum atomic E-state index is -3.99. The summed E-state index contributed by atoms with van der Waals surface area (Å²) in [7, 11) is -3.99. The van der Waals surface area contributed by atoms with Crippen molar-refractivity contribution in [3.8, 4) is 0 Å². The van der Waals surface area contributed by atoms with Gasteiger partial charge in [0.05, 0.1) is 5.75 Å². The molecule has 0 saturated heterocycles. The minimum absolute atomic E-state index is 0. The Morgan fingerprint density at radius 3 is 1.52 bits per heavy atom. The van der Waals surface area contributed by atoms with Crippen molar-refractivity contribution < 1.29 is 48.7 Å². The van der Waals surface area contributed by atoms with Crippen molar-refractivity contribution in [1.82, 2.24) is 5.32 Å². The Morgan fingerprint density at radius 2 is 1.15 bits per heavy atom. The molecule has 0 bridgehead atoms. The molecular formula is C20H42NNaO4S. The quantitative estimate of drug-likeness (QED) is 0.193. The average Bonchev–Trinajstić information content (AvgIpc) is 2.57. The molecule has 0 aromatic rings. The molecule has 0 aromatic carbocycles. The van der Waals surface area contributed by atoms with E-state index < -0.39 is 15.9 Å². The summed E-state index contributed by atoms with van der Waals surface area (Å²) < 4.78 is 29.6. The van der Waals surface area contributed by atoms with Crippen LogP contribution in [-0.4, -0.2) is 31.2 Å². The molecule has 0 rings (SSSR count). The molecule has 0 atom stereocenters. The Bertz CT molecular complexity index is 436. The Balaban J connectivity index is -0.00000312. The first-order valence-electron chi connectivity index (χ1n) is 10.7. The van der Waals surface area contributed by atoms with Crippen LogP contribution in [0, 0.1) is 0 Å². The standard InChI is InChI=1S/C20H41NO4S.Na.H/c1-2-3-4-5-6-7-8-9-10-11-12-13-14-15-16-17-20(22)21-18-19-26(23,24)25;;/h2-19H2,1H3,(H,21,22)(H,23,24,25);;/q;+1;-1. The maximum absolute atomic E-state index is 11.5. The molecule has 0 saturated carbocycles. The van der Waals surface area contributed by atoms with Gasteiger partial charge in [0, 0.05) is 13.0 Å². The molecule has 0 aliphatic rings. The van der Waals surface area contributed by atoms with Crippen molar-refractivity contribution in [3.63, 3.8) is 0 Å². The number of carbonyl (C=O) groups is 1. The number of unbranched alkanes of at least 4 members (excludes halogenated alkanes) is 14. The zero-order valence-electron chi connectivity index (χ0n) is 18.8. The van der Waals surface area contributed by atoms with Crippen molar-refractivity contribution in [2.75, 3.05) is 12.3 Å². The van der Waals surface area contributed by atoms with Gasteiger partial charge in [0.1, 0.15) is 0 Å². The molecular weight excluding hydrogens is 373 g/mol. The predicted octanol–water partition coefficient (Wildman–Crippen LogP) is 2.37. The van der Waals surface area contributed by atoms with E-state index in [0.717, 1.165) is 19.3 Å². The second-order valence-electron chi connectivity index (χ2n) is 7.34. The third-order valence-electron chi connectivity index (χ3n) is 4.69. The van der Waals surface area contributed by atoms with Gasteiger partial charge in [-0.1, -0.05) is 96.8 Å². The second kappa shape index (κ2) is 21.1. The topological polar surface area (TPSA) is 83.5 Å². The van der Waals surface area contributed by atoms with Crippen LogP contribution in [0.4, 0.5) is 0 Å². The molecule has 0 unspecified atom stereocenters. The monoisotopic (exact) mass is 415 g/mol. The molecule has 0 radical (unpaired) electrons. The number of amides is 1. The molecule has 27 heavy (non-hydrogen) atoms. The summed E-state index contributed by atoms with van der Waals surface area (Å²) in [4.78, 5) is 11.5. The summed E-state index contributed by atoms with van der Waals surface area (Å²) in [6.07, 6.45) is 19.8. The van der Waals surface area contributed by atoms with Gasteiger partial charge in [-0.05, 0) is 6.42 Å². The van der Waals surface area contributed by atoms with Gasteiger partial charge in [0.15, 0.2) is 0 Å². The summed E-state index contributed by atoms with van der Waals surface area (Å²) in [5, 5.41) is 2.51. The van der Waals surface area contributed by atoms with Crippen LogP contribution >= 0.6 is 0 Å². The van der Waals surface area contributed by atoms with Crippen LogP contribution < -0.4 is 34.9 Å². The van der Waals surface area contributed by atoms with Gasteiger partial charge in [-0.2, -0.15) is 8.42 Å².